The molecule has 0 saturated heterocycles. The van der Waals surface area contributed by atoms with E-state index in [1.54, 1.807) is 12.1 Å². The molecule has 0 radical (unpaired) electrons. The van der Waals surface area contributed by atoms with E-state index in [-0.39, 0.29) is 23.1 Å². The first-order chi connectivity index (χ1) is 9.27. The van der Waals surface area contributed by atoms with Gasteiger partial charge in [0.05, 0.1) is 6.04 Å². The molecule has 0 aliphatic heterocycles. The Morgan fingerprint density at radius 2 is 1.90 bits per heavy atom. The van der Waals surface area contributed by atoms with Gasteiger partial charge in [0.2, 0.25) is 5.91 Å². The molecule has 0 aliphatic carbocycles. The average molecular weight is 280 g/mol. The number of rotatable bonds is 6. The third kappa shape index (κ3) is 4.30. The summed E-state index contributed by atoms with van der Waals surface area (Å²) in [5.41, 5.74) is 6.61. The lowest BCUT2D eigenvalue weighted by atomic mass is 9.84. The Hall–Kier alpha value is -1.42. The van der Waals surface area contributed by atoms with Crippen molar-refractivity contribution < 1.29 is 9.18 Å². The normalized spacial score (nSPS) is 14.7. The van der Waals surface area contributed by atoms with E-state index in [0.29, 0.717) is 6.54 Å². The molecule has 0 bridgehead atoms. The third-order valence-electron chi connectivity index (χ3n) is 3.89. The number of nitrogens with one attached hydrogen (secondary N) is 1. The highest BCUT2D eigenvalue weighted by molar-refractivity contribution is 5.81. The Kier molecular flexibility index (Phi) is 5.69. The first kappa shape index (κ1) is 16.6. The predicted octanol–water partition coefficient (Wildman–Crippen LogP) is 2.59. The van der Waals surface area contributed by atoms with Crippen molar-refractivity contribution in [1.29, 1.82) is 0 Å². The van der Waals surface area contributed by atoms with E-state index in [0.717, 1.165) is 12.0 Å². The second-order valence-corrected chi connectivity index (χ2v) is 6.02. The Morgan fingerprint density at radius 3 is 2.40 bits per heavy atom. The summed E-state index contributed by atoms with van der Waals surface area (Å²) in [6.45, 7) is 8.47. The van der Waals surface area contributed by atoms with E-state index in [9.17, 15) is 9.18 Å². The van der Waals surface area contributed by atoms with Crippen LogP contribution in [0, 0.1) is 11.7 Å². The van der Waals surface area contributed by atoms with E-state index in [1.807, 2.05) is 27.7 Å². The fraction of sp³-hybridized carbons (Fsp3) is 0.562. The number of halogens is 1. The number of hydrogen-bond acceptors (Lipinski definition) is 2. The fourth-order valence-corrected chi connectivity index (χ4v) is 1.94. The largest absolute Gasteiger partial charge is 0.354 e. The van der Waals surface area contributed by atoms with Gasteiger partial charge in [0.1, 0.15) is 5.82 Å². The smallest absolute Gasteiger partial charge is 0.237 e. The lowest BCUT2D eigenvalue weighted by molar-refractivity contribution is -0.123. The topological polar surface area (TPSA) is 55.1 Å². The van der Waals surface area contributed by atoms with Crippen molar-refractivity contribution >= 4 is 5.91 Å². The molecule has 1 rings (SSSR count). The Bertz CT molecular complexity index is 442. The van der Waals surface area contributed by atoms with Crippen molar-refractivity contribution in [2.75, 3.05) is 6.54 Å². The number of amides is 1. The lowest BCUT2D eigenvalue weighted by Crippen LogP contribution is -2.47. The van der Waals surface area contributed by atoms with Crippen molar-refractivity contribution in [2.45, 2.75) is 45.6 Å². The quantitative estimate of drug-likeness (QED) is 0.841. The third-order valence-corrected chi connectivity index (χ3v) is 3.89. The van der Waals surface area contributed by atoms with Crippen LogP contribution in [-0.2, 0) is 10.2 Å². The van der Waals surface area contributed by atoms with Gasteiger partial charge in [-0.05, 0) is 23.6 Å². The molecule has 1 aromatic rings. The van der Waals surface area contributed by atoms with Gasteiger partial charge in [-0.25, -0.2) is 4.39 Å². The number of hydrogen-bond donors (Lipinski definition) is 2. The van der Waals surface area contributed by atoms with E-state index in [4.69, 9.17) is 5.73 Å². The average Bonchev–Trinajstić information content (AvgIpc) is 2.43. The predicted molar refractivity (Wildman–Crippen MR) is 79.9 cm³/mol. The molecule has 2 atom stereocenters. The van der Waals surface area contributed by atoms with Crippen LogP contribution in [0.2, 0.25) is 0 Å². The molecule has 0 fully saturated rings. The standard InChI is InChI=1S/C16H25FN2O/c1-5-11(2)14(18)15(20)19-10-16(3,4)12-6-8-13(17)9-7-12/h6-9,11,14H,5,10,18H2,1-4H3,(H,19,20). The van der Waals surface area contributed by atoms with Gasteiger partial charge in [-0.1, -0.05) is 46.2 Å². The Labute approximate surface area is 120 Å². The molecule has 0 aliphatic rings. The molecule has 3 N–H and O–H groups in total. The van der Waals surface area contributed by atoms with Crippen LogP contribution < -0.4 is 11.1 Å². The summed E-state index contributed by atoms with van der Waals surface area (Å²) in [5.74, 6) is -0.231. The van der Waals surface area contributed by atoms with Gasteiger partial charge in [-0.2, -0.15) is 0 Å². The van der Waals surface area contributed by atoms with E-state index >= 15 is 0 Å². The molecule has 0 aromatic heterocycles. The zero-order valence-corrected chi connectivity index (χ0v) is 12.7. The first-order valence-electron chi connectivity index (χ1n) is 7.07. The van der Waals surface area contributed by atoms with Crippen LogP contribution in [0.5, 0.6) is 0 Å². The molecular weight excluding hydrogens is 255 g/mol. The van der Waals surface area contributed by atoms with Gasteiger partial charge in [0, 0.05) is 12.0 Å². The number of carbonyl (C=O) groups excluding carboxylic acids is 1. The fourth-order valence-electron chi connectivity index (χ4n) is 1.94. The molecule has 2 unspecified atom stereocenters. The van der Waals surface area contributed by atoms with Gasteiger partial charge < -0.3 is 11.1 Å². The number of benzene rings is 1. The van der Waals surface area contributed by atoms with Crippen molar-refractivity contribution in [3.05, 3.63) is 35.6 Å². The minimum absolute atomic E-state index is 0.130. The Balaban J connectivity index is 2.63. The molecule has 0 heterocycles. The van der Waals surface area contributed by atoms with Crippen LogP contribution in [-0.4, -0.2) is 18.5 Å². The Morgan fingerprint density at radius 1 is 1.35 bits per heavy atom. The van der Waals surface area contributed by atoms with Gasteiger partial charge in [-0.15, -0.1) is 0 Å². The molecule has 0 spiro atoms. The highest BCUT2D eigenvalue weighted by Crippen LogP contribution is 2.22. The molecule has 3 nitrogen and oxygen atoms in total. The second-order valence-electron chi connectivity index (χ2n) is 6.02. The second kappa shape index (κ2) is 6.84. The summed E-state index contributed by atoms with van der Waals surface area (Å²) in [6, 6.07) is 5.88. The molecular formula is C16H25FN2O. The monoisotopic (exact) mass is 280 g/mol. The van der Waals surface area contributed by atoms with Crippen molar-refractivity contribution in [1.82, 2.24) is 5.32 Å². The molecule has 1 aromatic carbocycles. The zero-order chi connectivity index (χ0) is 15.3. The highest BCUT2D eigenvalue weighted by atomic mass is 19.1. The summed E-state index contributed by atoms with van der Waals surface area (Å²) in [7, 11) is 0. The lowest BCUT2D eigenvalue weighted by Gasteiger charge is -2.27. The van der Waals surface area contributed by atoms with Gasteiger partial charge in [0.15, 0.2) is 0 Å². The molecule has 0 saturated carbocycles. The summed E-state index contributed by atoms with van der Waals surface area (Å²) >= 11 is 0. The van der Waals surface area contributed by atoms with Crippen molar-refractivity contribution in [3.8, 4) is 0 Å². The van der Waals surface area contributed by atoms with E-state index in [2.05, 4.69) is 5.32 Å². The van der Waals surface area contributed by atoms with Gasteiger partial charge in [0.25, 0.3) is 0 Å². The highest BCUT2D eigenvalue weighted by Gasteiger charge is 2.24. The van der Waals surface area contributed by atoms with E-state index in [1.165, 1.54) is 12.1 Å². The van der Waals surface area contributed by atoms with E-state index < -0.39 is 6.04 Å². The van der Waals surface area contributed by atoms with Crippen LogP contribution >= 0.6 is 0 Å². The van der Waals surface area contributed by atoms with Crippen LogP contribution in [0.3, 0.4) is 0 Å². The van der Waals surface area contributed by atoms with Crippen molar-refractivity contribution in [2.24, 2.45) is 11.7 Å². The van der Waals surface area contributed by atoms with Crippen LogP contribution in [0.25, 0.3) is 0 Å². The molecule has 112 valence electrons. The van der Waals surface area contributed by atoms with Crippen LogP contribution in [0.15, 0.2) is 24.3 Å². The summed E-state index contributed by atoms with van der Waals surface area (Å²) < 4.78 is 12.9. The minimum Gasteiger partial charge on any atom is -0.354 e. The maximum Gasteiger partial charge on any atom is 0.237 e. The van der Waals surface area contributed by atoms with Gasteiger partial charge in [-0.3, -0.25) is 4.79 Å². The van der Waals surface area contributed by atoms with Crippen molar-refractivity contribution in [3.63, 3.8) is 0 Å². The SMILES string of the molecule is CCC(C)C(N)C(=O)NCC(C)(C)c1ccc(F)cc1. The summed E-state index contributed by atoms with van der Waals surface area (Å²) in [4.78, 5) is 12.0. The maximum absolute atomic E-state index is 12.9. The minimum atomic E-state index is -0.482. The summed E-state index contributed by atoms with van der Waals surface area (Å²) in [5, 5.41) is 2.89. The maximum atomic E-state index is 12.9. The molecule has 4 heteroatoms. The number of carbonyl (C=O) groups is 1. The summed E-state index contributed by atoms with van der Waals surface area (Å²) in [6.07, 6.45) is 0.871. The van der Waals surface area contributed by atoms with Crippen LogP contribution in [0.1, 0.15) is 39.7 Å². The number of nitrogens with two attached hydrogens (primary N) is 1. The first-order valence-corrected chi connectivity index (χ1v) is 7.07. The zero-order valence-electron chi connectivity index (χ0n) is 12.7. The van der Waals surface area contributed by atoms with Crippen LogP contribution in [0.4, 0.5) is 4.39 Å². The molecule has 20 heavy (non-hydrogen) atoms. The van der Waals surface area contributed by atoms with Gasteiger partial charge >= 0.3 is 0 Å². The molecule has 1 amide bonds.